The molecule has 0 fully saturated rings. The number of carbonyl (C=O) groups is 2. The van der Waals surface area contributed by atoms with Gasteiger partial charge in [-0.25, -0.2) is 9.18 Å². The number of aryl methyl sites for hydroxylation is 1. The summed E-state index contributed by atoms with van der Waals surface area (Å²) in [5.41, 5.74) is 1.66. The van der Waals surface area contributed by atoms with Gasteiger partial charge in [-0.05, 0) is 55.3 Å². The van der Waals surface area contributed by atoms with Gasteiger partial charge in [0.25, 0.3) is 5.91 Å². The van der Waals surface area contributed by atoms with Gasteiger partial charge in [0.05, 0.1) is 12.7 Å². The number of ether oxygens (including phenoxy) is 2. The lowest BCUT2D eigenvalue weighted by molar-refractivity contribution is -0.122. The Bertz CT molecular complexity index is 759. The largest absolute Gasteiger partial charge is 0.481 e. The standard InChI is InChI=1S/C19H20FNO4/c1-4-17(25-15-9-7-14(20)8-10-15)18(22)21-16-11-13(19(23)24-3)6-5-12(16)2/h5-11,17H,4H2,1-3H3,(H,21,22)/t17-/m1/s1. The van der Waals surface area contributed by atoms with Gasteiger partial charge in [-0.2, -0.15) is 0 Å². The van der Waals surface area contributed by atoms with Crippen LogP contribution in [0.3, 0.4) is 0 Å². The lowest BCUT2D eigenvalue weighted by atomic mass is 10.1. The van der Waals surface area contributed by atoms with Gasteiger partial charge in [0.15, 0.2) is 6.10 Å². The monoisotopic (exact) mass is 345 g/mol. The van der Waals surface area contributed by atoms with Crippen molar-refractivity contribution in [3.63, 3.8) is 0 Å². The van der Waals surface area contributed by atoms with Gasteiger partial charge in [0.1, 0.15) is 11.6 Å². The Kier molecular flexibility index (Phi) is 6.11. The van der Waals surface area contributed by atoms with E-state index in [1.54, 1.807) is 18.2 Å². The second-order valence-electron chi connectivity index (χ2n) is 5.48. The SMILES string of the molecule is CC[C@@H](Oc1ccc(F)cc1)C(=O)Nc1cc(C(=O)OC)ccc1C. The van der Waals surface area contributed by atoms with Crippen molar-refractivity contribution < 1.29 is 23.5 Å². The van der Waals surface area contributed by atoms with Gasteiger partial charge in [0, 0.05) is 5.69 Å². The molecule has 0 aromatic heterocycles. The van der Waals surface area contributed by atoms with E-state index in [0.29, 0.717) is 23.4 Å². The number of amides is 1. The van der Waals surface area contributed by atoms with E-state index in [4.69, 9.17) is 4.74 Å². The van der Waals surface area contributed by atoms with Crippen LogP contribution < -0.4 is 10.1 Å². The maximum atomic E-state index is 13.0. The van der Waals surface area contributed by atoms with E-state index in [9.17, 15) is 14.0 Å². The Morgan fingerprint density at radius 2 is 1.84 bits per heavy atom. The summed E-state index contributed by atoms with van der Waals surface area (Å²) >= 11 is 0. The number of carbonyl (C=O) groups excluding carboxylic acids is 2. The minimum atomic E-state index is -0.744. The number of methoxy groups -OCH3 is 1. The third-order valence-electron chi connectivity index (χ3n) is 3.67. The number of hydrogen-bond acceptors (Lipinski definition) is 4. The van der Waals surface area contributed by atoms with E-state index in [2.05, 4.69) is 10.1 Å². The molecule has 2 aromatic rings. The molecule has 1 atom stereocenters. The molecule has 0 radical (unpaired) electrons. The highest BCUT2D eigenvalue weighted by molar-refractivity contribution is 5.97. The van der Waals surface area contributed by atoms with Crippen molar-refractivity contribution in [1.29, 1.82) is 0 Å². The van der Waals surface area contributed by atoms with E-state index in [1.807, 2.05) is 13.8 Å². The fourth-order valence-electron chi connectivity index (χ4n) is 2.21. The molecule has 0 bridgehead atoms. The van der Waals surface area contributed by atoms with E-state index in [-0.39, 0.29) is 11.7 Å². The van der Waals surface area contributed by atoms with Crippen LogP contribution in [-0.4, -0.2) is 25.1 Å². The highest BCUT2D eigenvalue weighted by Crippen LogP contribution is 2.20. The molecule has 6 heteroatoms. The molecule has 132 valence electrons. The number of hydrogen-bond donors (Lipinski definition) is 1. The molecule has 2 rings (SSSR count). The van der Waals surface area contributed by atoms with Crippen molar-refractivity contribution in [3.05, 3.63) is 59.4 Å². The Balaban J connectivity index is 2.13. The van der Waals surface area contributed by atoms with Crippen LogP contribution in [-0.2, 0) is 9.53 Å². The minimum absolute atomic E-state index is 0.343. The summed E-state index contributed by atoms with van der Waals surface area (Å²) in [5, 5.41) is 2.77. The van der Waals surface area contributed by atoms with Gasteiger partial charge < -0.3 is 14.8 Å². The smallest absolute Gasteiger partial charge is 0.337 e. The fraction of sp³-hybridized carbons (Fsp3) is 0.263. The molecule has 0 aliphatic rings. The molecule has 0 unspecified atom stereocenters. The zero-order valence-corrected chi connectivity index (χ0v) is 14.3. The van der Waals surface area contributed by atoms with Gasteiger partial charge in [0.2, 0.25) is 0 Å². The average Bonchev–Trinajstić information content (AvgIpc) is 2.62. The van der Waals surface area contributed by atoms with Crippen molar-refractivity contribution >= 4 is 17.6 Å². The second-order valence-corrected chi connectivity index (χ2v) is 5.48. The maximum Gasteiger partial charge on any atom is 0.337 e. The first-order chi connectivity index (χ1) is 11.9. The first-order valence-electron chi connectivity index (χ1n) is 7.86. The molecular weight excluding hydrogens is 325 g/mol. The zero-order chi connectivity index (χ0) is 18.4. The molecular formula is C19H20FNO4. The molecule has 0 aliphatic heterocycles. The first kappa shape index (κ1) is 18.4. The predicted molar refractivity (Wildman–Crippen MR) is 92.3 cm³/mol. The summed E-state index contributed by atoms with van der Waals surface area (Å²) in [4.78, 5) is 24.1. The van der Waals surface area contributed by atoms with Crippen LogP contribution in [0, 0.1) is 12.7 Å². The molecule has 5 nitrogen and oxygen atoms in total. The van der Waals surface area contributed by atoms with Crippen molar-refractivity contribution in [1.82, 2.24) is 0 Å². The van der Waals surface area contributed by atoms with Crippen LogP contribution in [0.5, 0.6) is 5.75 Å². The van der Waals surface area contributed by atoms with Crippen molar-refractivity contribution in [2.75, 3.05) is 12.4 Å². The summed E-state index contributed by atoms with van der Waals surface area (Å²) in [6.45, 7) is 3.63. The Morgan fingerprint density at radius 1 is 1.16 bits per heavy atom. The number of rotatable bonds is 6. The molecule has 0 aliphatic carbocycles. The summed E-state index contributed by atoms with van der Waals surface area (Å²) < 4.78 is 23.3. The average molecular weight is 345 g/mol. The van der Waals surface area contributed by atoms with Crippen LogP contribution in [0.2, 0.25) is 0 Å². The lowest BCUT2D eigenvalue weighted by Crippen LogP contribution is -2.32. The van der Waals surface area contributed by atoms with Crippen LogP contribution >= 0.6 is 0 Å². The van der Waals surface area contributed by atoms with Crippen LogP contribution in [0.25, 0.3) is 0 Å². The second kappa shape index (κ2) is 8.28. The number of anilines is 1. The summed E-state index contributed by atoms with van der Waals surface area (Å²) in [7, 11) is 1.30. The van der Waals surface area contributed by atoms with Crippen molar-refractivity contribution in [2.24, 2.45) is 0 Å². The lowest BCUT2D eigenvalue weighted by Gasteiger charge is -2.18. The van der Waals surface area contributed by atoms with E-state index < -0.39 is 12.1 Å². The molecule has 25 heavy (non-hydrogen) atoms. The van der Waals surface area contributed by atoms with Gasteiger partial charge >= 0.3 is 5.97 Å². The molecule has 0 spiro atoms. The van der Waals surface area contributed by atoms with Crippen molar-refractivity contribution in [3.8, 4) is 5.75 Å². The third kappa shape index (κ3) is 4.79. The highest BCUT2D eigenvalue weighted by atomic mass is 19.1. The van der Waals surface area contributed by atoms with Crippen LogP contribution in [0.15, 0.2) is 42.5 Å². The number of nitrogens with one attached hydrogen (secondary N) is 1. The third-order valence-corrected chi connectivity index (χ3v) is 3.67. The van der Waals surface area contributed by atoms with E-state index in [1.165, 1.54) is 31.4 Å². The van der Waals surface area contributed by atoms with Gasteiger partial charge in [-0.15, -0.1) is 0 Å². The first-order valence-corrected chi connectivity index (χ1v) is 7.86. The van der Waals surface area contributed by atoms with E-state index in [0.717, 1.165) is 5.56 Å². The summed E-state index contributed by atoms with van der Waals surface area (Å²) in [6, 6.07) is 10.4. The van der Waals surface area contributed by atoms with E-state index >= 15 is 0 Å². The minimum Gasteiger partial charge on any atom is -0.481 e. The summed E-state index contributed by atoms with van der Waals surface area (Å²) in [5.74, 6) is -0.800. The highest BCUT2D eigenvalue weighted by Gasteiger charge is 2.20. The van der Waals surface area contributed by atoms with Crippen molar-refractivity contribution in [2.45, 2.75) is 26.4 Å². The number of halogens is 1. The van der Waals surface area contributed by atoms with Gasteiger partial charge in [-0.1, -0.05) is 13.0 Å². The molecule has 0 saturated carbocycles. The molecule has 1 amide bonds. The Labute approximate surface area is 145 Å². The predicted octanol–water partition coefficient (Wildman–Crippen LogP) is 3.72. The van der Waals surface area contributed by atoms with Crippen LogP contribution in [0.4, 0.5) is 10.1 Å². The number of esters is 1. The van der Waals surface area contributed by atoms with Crippen LogP contribution in [0.1, 0.15) is 29.3 Å². The maximum absolute atomic E-state index is 13.0. The Morgan fingerprint density at radius 3 is 2.44 bits per heavy atom. The normalized spacial score (nSPS) is 11.5. The zero-order valence-electron chi connectivity index (χ0n) is 14.3. The molecule has 1 N–H and O–H groups in total. The molecule has 2 aromatic carbocycles. The fourth-order valence-corrected chi connectivity index (χ4v) is 2.21. The number of benzene rings is 2. The topological polar surface area (TPSA) is 64.6 Å². The Hall–Kier alpha value is -2.89. The molecule has 0 heterocycles. The quantitative estimate of drug-likeness (QED) is 0.811. The summed E-state index contributed by atoms with van der Waals surface area (Å²) in [6.07, 6.45) is -0.314. The molecule has 0 saturated heterocycles. The van der Waals surface area contributed by atoms with Gasteiger partial charge in [-0.3, -0.25) is 4.79 Å².